The molecule has 9 nitrogen and oxygen atoms in total. The fourth-order valence-electron chi connectivity index (χ4n) is 4.69. The normalized spacial score (nSPS) is 21.0. The van der Waals surface area contributed by atoms with E-state index in [0.29, 0.717) is 30.8 Å². The number of aryl methyl sites for hydroxylation is 1. The van der Waals surface area contributed by atoms with Crippen molar-refractivity contribution in [3.05, 3.63) is 11.4 Å². The molecule has 1 atom stereocenters. The Labute approximate surface area is 191 Å². The monoisotopic (exact) mass is 467 g/mol. The molecule has 2 amide bonds. The molecule has 1 aromatic rings. The lowest BCUT2D eigenvalue weighted by Gasteiger charge is -2.32. The first kappa shape index (κ1) is 24.7. The van der Waals surface area contributed by atoms with Gasteiger partial charge >= 0.3 is 0 Å². The Balaban J connectivity index is 1.74. The number of carbonyl (C=O) groups is 2. The van der Waals surface area contributed by atoms with Gasteiger partial charge < -0.3 is 10.6 Å². The molecule has 2 aliphatic rings. The first-order chi connectivity index (χ1) is 14.9. The summed E-state index contributed by atoms with van der Waals surface area (Å²) >= 11 is 0. The van der Waals surface area contributed by atoms with E-state index in [0.717, 1.165) is 25.7 Å². The van der Waals surface area contributed by atoms with Gasteiger partial charge in [0, 0.05) is 24.7 Å². The second-order valence-corrected chi connectivity index (χ2v) is 12.0. The number of sulfonamides is 1. The number of hydrogen-bond acceptors (Lipinski definition) is 5. The molecule has 10 heteroatoms. The van der Waals surface area contributed by atoms with E-state index in [2.05, 4.69) is 15.7 Å². The quantitative estimate of drug-likeness (QED) is 0.663. The van der Waals surface area contributed by atoms with Crippen LogP contribution in [0.4, 0.5) is 0 Å². The van der Waals surface area contributed by atoms with E-state index in [1.165, 1.54) is 8.99 Å². The number of rotatable bonds is 6. The summed E-state index contributed by atoms with van der Waals surface area (Å²) in [6.07, 6.45) is 5.59. The minimum Gasteiger partial charge on any atom is -0.353 e. The molecule has 0 aromatic carbocycles. The maximum Gasteiger partial charge on any atom is 0.246 e. The van der Waals surface area contributed by atoms with Gasteiger partial charge in [-0.2, -0.15) is 9.40 Å². The molecule has 0 radical (unpaired) electrons. The molecule has 0 bridgehead atoms. The van der Waals surface area contributed by atoms with Crippen LogP contribution >= 0.6 is 0 Å². The van der Waals surface area contributed by atoms with Crippen LogP contribution in [-0.2, 0) is 26.2 Å². The van der Waals surface area contributed by atoms with Crippen molar-refractivity contribution >= 4 is 21.8 Å². The maximum atomic E-state index is 13.5. The summed E-state index contributed by atoms with van der Waals surface area (Å²) in [7, 11) is -3.83. The zero-order chi connectivity index (χ0) is 23.7. The van der Waals surface area contributed by atoms with Crippen LogP contribution in [0.15, 0.2) is 4.90 Å². The predicted octanol–water partition coefficient (Wildman–Crippen LogP) is 1.87. The lowest BCUT2D eigenvalue weighted by Crippen LogP contribution is -2.47. The van der Waals surface area contributed by atoms with Crippen LogP contribution in [0.3, 0.4) is 0 Å². The second-order valence-electron chi connectivity index (χ2n) is 10.1. The van der Waals surface area contributed by atoms with Gasteiger partial charge in [0.1, 0.15) is 11.4 Å². The summed E-state index contributed by atoms with van der Waals surface area (Å²) in [4.78, 5) is 25.2. The largest absolute Gasteiger partial charge is 0.353 e. The lowest BCUT2D eigenvalue weighted by molar-refractivity contribution is -0.127. The predicted molar refractivity (Wildman–Crippen MR) is 121 cm³/mol. The Bertz CT molecular complexity index is 958. The van der Waals surface area contributed by atoms with Crippen molar-refractivity contribution in [1.82, 2.24) is 24.7 Å². The summed E-state index contributed by atoms with van der Waals surface area (Å²) < 4.78 is 29.9. The first-order valence-corrected chi connectivity index (χ1v) is 13.0. The maximum absolute atomic E-state index is 13.5. The van der Waals surface area contributed by atoms with Crippen LogP contribution in [0.25, 0.3) is 0 Å². The summed E-state index contributed by atoms with van der Waals surface area (Å²) in [6.45, 7) is 9.48. The minimum atomic E-state index is -3.83. The fourth-order valence-corrected chi connectivity index (χ4v) is 6.59. The third-order valence-electron chi connectivity index (χ3n) is 6.18. The number of amides is 2. The van der Waals surface area contributed by atoms with E-state index in [9.17, 15) is 18.0 Å². The number of hydrogen-bond donors (Lipinski definition) is 2. The van der Waals surface area contributed by atoms with Crippen molar-refractivity contribution in [3.63, 3.8) is 0 Å². The molecule has 2 fully saturated rings. The number of carbonyl (C=O) groups excluding carboxylic acids is 2. The topological polar surface area (TPSA) is 113 Å². The Morgan fingerprint density at radius 1 is 1.09 bits per heavy atom. The standard InChI is InChI=1S/C22H37N5O4S/c1-15-20(16(2)27(25-15)14-19(28)24-22(3,4)5)32(30,31)26-12-8-9-17(13-26)21(29)23-18-10-6-7-11-18/h17-18H,6-14H2,1-5H3,(H,23,29)(H,24,28)/t17-/m0/s1. The Kier molecular flexibility index (Phi) is 7.34. The zero-order valence-electron chi connectivity index (χ0n) is 19.9. The van der Waals surface area contributed by atoms with Crippen LogP contribution in [-0.4, -0.2) is 59.0 Å². The van der Waals surface area contributed by atoms with Gasteiger partial charge in [0.25, 0.3) is 0 Å². The molecule has 1 aliphatic heterocycles. The third kappa shape index (κ3) is 5.70. The van der Waals surface area contributed by atoms with E-state index in [1.807, 2.05) is 20.8 Å². The van der Waals surface area contributed by atoms with E-state index >= 15 is 0 Å². The van der Waals surface area contributed by atoms with Crippen molar-refractivity contribution in [2.45, 2.75) is 96.2 Å². The highest BCUT2D eigenvalue weighted by molar-refractivity contribution is 7.89. The van der Waals surface area contributed by atoms with E-state index in [1.54, 1.807) is 13.8 Å². The first-order valence-electron chi connectivity index (χ1n) is 11.5. The highest BCUT2D eigenvalue weighted by atomic mass is 32.2. The van der Waals surface area contributed by atoms with E-state index in [4.69, 9.17) is 0 Å². The molecular formula is C22H37N5O4S. The number of nitrogens with one attached hydrogen (secondary N) is 2. The lowest BCUT2D eigenvalue weighted by atomic mass is 9.98. The minimum absolute atomic E-state index is 0.0419. The SMILES string of the molecule is Cc1nn(CC(=O)NC(C)(C)C)c(C)c1S(=O)(=O)N1CCC[C@H](C(=O)NC2CCCC2)C1. The Morgan fingerprint density at radius 2 is 1.75 bits per heavy atom. The average molecular weight is 468 g/mol. The van der Waals surface area contributed by atoms with Crippen molar-refractivity contribution in [2.24, 2.45) is 5.92 Å². The van der Waals surface area contributed by atoms with Crippen LogP contribution in [0.1, 0.15) is 70.7 Å². The number of nitrogens with zero attached hydrogens (tertiary/aromatic N) is 3. The van der Waals surface area contributed by atoms with Gasteiger partial charge in [0.15, 0.2) is 0 Å². The highest BCUT2D eigenvalue weighted by Crippen LogP contribution is 2.28. The molecule has 3 rings (SSSR count). The highest BCUT2D eigenvalue weighted by Gasteiger charge is 2.37. The smallest absolute Gasteiger partial charge is 0.246 e. The molecule has 180 valence electrons. The molecule has 0 spiro atoms. The Hall–Kier alpha value is -1.94. The summed E-state index contributed by atoms with van der Waals surface area (Å²) in [6, 6.07) is 0.219. The van der Waals surface area contributed by atoms with Gasteiger partial charge in [-0.05, 0) is 60.3 Å². The molecule has 1 saturated carbocycles. The molecule has 32 heavy (non-hydrogen) atoms. The molecule has 1 aliphatic carbocycles. The molecule has 0 unspecified atom stereocenters. The molecule has 2 N–H and O–H groups in total. The van der Waals surface area contributed by atoms with E-state index < -0.39 is 10.0 Å². The van der Waals surface area contributed by atoms with Gasteiger partial charge in [0.05, 0.1) is 17.3 Å². The Morgan fingerprint density at radius 3 is 2.38 bits per heavy atom. The fraction of sp³-hybridized carbons (Fsp3) is 0.773. The zero-order valence-corrected chi connectivity index (χ0v) is 20.7. The third-order valence-corrected chi connectivity index (χ3v) is 8.30. The summed E-state index contributed by atoms with van der Waals surface area (Å²) in [5.41, 5.74) is 0.414. The summed E-state index contributed by atoms with van der Waals surface area (Å²) in [5, 5.41) is 10.3. The number of piperidine rings is 1. The van der Waals surface area contributed by atoms with Gasteiger partial charge in [-0.15, -0.1) is 0 Å². The van der Waals surface area contributed by atoms with Crippen LogP contribution in [0.2, 0.25) is 0 Å². The van der Waals surface area contributed by atoms with E-state index in [-0.39, 0.29) is 47.3 Å². The van der Waals surface area contributed by atoms with Crippen molar-refractivity contribution in [2.75, 3.05) is 13.1 Å². The molecule has 2 heterocycles. The summed E-state index contributed by atoms with van der Waals surface area (Å²) in [5.74, 6) is -0.610. The average Bonchev–Trinajstić information content (AvgIpc) is 3.28. The van der Waals surface area contributed by atoms with Gasteiger partial charge in [0.2, 0.25) is 21.8 Å². The van der Waals surface area contributed by atoms with Crippen LogP contribution in [0, 0.1) is 19.8 Å². The van der Waals surface area contributed by atoms with Crippen LogP contribution < -0.4 is 10.6 Å². The second kappa shape index (κ2) is 9.51. The van der Waals surface area contributed by atoms with Gasteiger partial charge in [-0.25, -0.2) is 8.42 Å². The van der Waals surface area contributed by atoms with Gasteiger partial charge in [-0.1, -0.05) is 12.8 Å². The van der Waals surface area contributed by atoms with Crippen LogP contribution in [0.5, 0.6) is 0 Å². The molecular weight excluding hydrogens is 430 g/mol. The van der Waals surface area contributed by atoms with Crippen molar-refractivity contribution < 1.29 is 18.0 Å². The molecule has 1 saturated heterocycles. The van der Waals surface area contributed by atoms with Crippen molar-refractivity contribution in [3.8, 4) is 0 Å². The number of aromatic nitrogens is 2. The van der Waals surface area contributed by atoms with Crippen molar-refractivity contribution in [1.29, 1.82) is 0 Å². The molecule has 1 aromatic heterocycles. The van der Waals surface area contributed by atoms with Gasteiger partial charge in [-0.3, -0.25) is 14.3 Å².